The average Bonchev–Trinajstić information content (AvgIpc) is 2.25. The van der Waals surface area contributed by atoms with Crippen molar-refractivity contribution in [2.24, 2.45) is 10.8 Å². The number of pyridine rings is 1. The van der Waals surface area contributed by atoms with E-state index in [1.54, 1.807) is 6.92 Å². The van der Waals surface area contributed by atoms with E-state index in [0.29, 0.717) is 6.54 Å². The molecule has 1 aromatic rings. The number of rotatable bonds is 2. The highest BCUT2D eigenvalue weighted by Gasteiger charge is 2.30. The third-order valence-electron chi connectivity index (χ3n) is 1.79. The summed E-state index contributed by atoms with van der Waals surface area (Å²) >= 11 is 0. The van der Waals surface area contributed by atoms with Gasteiger partial charge in [-0.25, -0.2) is 5.84 Å². The van der Waals surface area contributed by atoms with Gasteiger partial charge >= 0.3 is 6.18 Å². The van der Waals surface area contributed by atoms with Crippen LogP contribution >= 0.6 is 0 Å². The second kappa shape index (κ2) is 4.93. The second-order valence-corrected chi connectivity index (χ2v) is 2.90. The lowest BCUT2D eigenvalue weighted by atomic mass is 10.2. The van der Waals surface area contributed by atoms with Crippen molar-refractivity contribution in [3.8, 4) is 0 Å². The van der Waals surface area contributed by atoms with Gasteiger partial charge in [0.1, 0.15) is 5.69 Å². The zero-order valence-electron chi connectivity index (χ0n) is 8.54. The van der Waals surface area contributed by atoms with Crippen LogP contribution in [-0.4, -0.2) is 17.4 Å². The van der Waals surface area contributed by atoms with Crippen LogP contribution < -0.4 is 11.3 Å². The maximum Gasteiger partial charge on any atom is 0.417 e. The zero-order chi connectivity index (χ0) is 12.2. The van der Waals surface area contributed by atoms with E-state index in [1.165, 1.54) is 6.07 Å². The quantitative estimate of drug-likeness (QED) is 0.350. The third kappa shape index (κ3) is 2.93. The summed E-state index contributed by atoms with van der Waals surface area (Å²) in [5.74, 6) is 5.43. The molecule has 0 aliphatic rings. The van der Waals surface area contributed by atoms with Gasteiger partial charge in [0, 0.05) is 12.7 Å². The minimum Gasteiger partial charge on any atom is -0.307 e. The number of nitrogens with zero attached hydrogens (tertiary/aromatic N) is 2. The molecule has 3 N–H and O–H groups in total. The van der Waals surface area contributed by atoms with Crippen LogP contribution in [0.25, 0.3) is 0 Å². The highest BCUT2D eigenvalue weighted by Crippen LogP contribution is 2.28. The maximum absolute atomic E-state index is 12.2. The summed E-state index contributed by atoms with van der Waals surface area (Å²) in [4.78, 5) is 7.58. The van der Waals surface area contributed by atoms with Crippen LogP contribution in [0.5, 0.6) is 0 Å². The van der Waals surface area contributed by atoms with Crippen molar-refractivity contribution in [3.63, 3.8) is 0 Å². The maximum atomic E-state index is 12.2. The van der Waals surface area contributed by atoms with E-state index in [2.05, 4.69) is 15.4 Å². The first-order chi connectivity index (χ1) is 7.49. The lowest BCUT2D eigenvalue weighted by molar-refractivity contribution is -0.137. The van der Waals surface area contributed by atoms with Crippen molar-refractivity contribution in [2.75, 3.05) is 6.54 Å². The van der Waals surface area contributed by atoms with E-state index in [0.717, 1.165) is 12.3 Å². The Morgan fingerprint density at radius 2 is 2.19 bits per heavy atom. The zero-order valence-corrected chi connectivity index (χ0v) is 8.54. The van der Waals surface area contributed by atoms with Gasteiger partial charge in [0.25, 0.3) is 0 Å². The minimum absolute atomic E-state index is 0.260. The number of hydrazine groups is 1. The fraction of sp³-hybridized carbons (Fsp3) is 0.333. The van der Waals surface area contributed by atoms with Crippen LogP contribution in [0.1, 0.15) is 18.2 Å². The molecule has 0 bridgehead atoms. The first-order valence-corrected chi connectivity index (χ1v) is 4.53. The fourth-order valence-corrected chi connectivity index (χ4v) is 1.06. The standard InChI is InChI=1S/C9H11F3N4/c1-2-14-8(16-13)7-4-3-6(5-15-7)9(10,11)12/h3-5H,2,13H2,1H3,(H,14,16). The van der Waals surface area contributed by atoms with Crippen LogP contribution in [0, 0.1) is 0 Å². The number of alkyl halides is 3. The Morgan fingerprint density at radius 3 is 2.56 bits per heavy atom. The Labute approximate surface area is 90.4 Å². The number of hydrogen-bond donors (Lipinski definition) is 2. The number of nitrogens with one attached hydrogen (secondary N) is 1. The summed E-state index contributed by atoms with van der Waals surface area (Å²) < 4.78 is 36.7. The monoisotopic (exact) mass is 232 g/mol. The fourth-order valence-electron chi connectivity index (χ4n) is 1.06. The van der Waals surface area contributed by atoms with Crippen LogP contribution in [-0.2, 0) is 6.18 Å². The molecule has 1 rings (SSSR count). The summed E-state index contributed by atoms with van der Waals surface area (Å²) in [5, 5.41) is 0. The summed E-state index contributed by atoms with van der Waals surface area (Å²) in [6.45, 7) is 2.24. The molecule has 0 aromatic carbocycles. The smallest absolute Gasteiger partial charge is 0.307 e. The number of aliphatic imine (C=N–C) groups is 1. The molecule has 0 amide bonds. The van der Waals surface area contributed by atoms with Crippen molar-refractivity contribution in [3.05, 3.63) is 29.6 Å². The van der Waals surface area contributed by atoms with E-state index >= 15 is 0 Å². The van der Waals surface area contributed by atoms with Gasteiger partial charge in [0.2, 0.25) is 0 Å². The highest BCUT2D eigenvalue weighted by atomic mass is 19.4. The molecule has 16 heavy (non-hydrogen) atoms. The van der Waals surface area contributed by atoms with E-state index in [9.17, 15) is 13.2 Å². The second-order valence-electron chi connectivity index (χ2n) is 2.90. The number of hydrogen-bond acceptors (Lipinski definition) is 3. The molecule has 0 fully saturated rings. The van der Waals surface area contributed by atoms with Crippen molar-refractivity contribution < 1.29 is 13.2 Å². The molecule has 0 aliphatic carbocycles. The Bertz CT molecular complexity index is 369. The van der Waals surface area contributed by atoms with Crippen LogP contribution in [0.4, 0.5) is 13.2 Å². The minimum atomic E-state index is -4.39. The number of nitrogens with two attached hydrogens (primary N) is 1. The molecule has 0 unspecified atom stereocenters. The molecular weight excluding hydrogens is 221 g/mol. The Hall–Kier alpha value is -1.63. The van der Waals surface area contributed by atoms with Gasteiger partial charge in [-0.3, -0.25) is 9.98 Å². The summed E-state index contributed by atoms with van der Waals surface area (Å²) in [6, 6.07) is 2.15. The normalized spacial score (nSPS) is 12.7. The van der Waals surface area contributed by atoms with Crippen LogP contribution in [0.2, 0.25) is 0 Å². The van der Waals surface area contributed by atoms with Gasteiger partial charge < -0.3 is 5.43 Å². The molecule has 0 saturated carbocycles. The summed E-state index contributed by atoms with van der Waals surface area (Å²) in [7, 11) is 0. The van der Waals surface area contributed by atoms with Crippen molar-refractivity contribution in [2.45, 2.75) is 13.1 Å². The SMILES string of the molecule is CCN=C(NN)c1ccc(C(F)(F)F)cn1. The van der Waals surface area contributed by atoms with Crippen molar-refractivity contribution in [1.29, 1.82) is 0 Å². The van der Waals surface area contributed by atoms with E-state index < -0.39 is 11.7 Å². The van der Waals surface area contributed by atoms with E-state index in [4.69, 9.17) is 5.84 Å². The Kier molecular flexibility index (Phi) is 3.83. The molecule has 0 aliphatic heterocycles. The van der Waals surface area contributed by atoms with Gasteiger partial charge in [-0.2, -0.15) is 13.2 Å². The first-order valence-electron chi connectivity index (χ1n) is 4.53. The lowest BCUT2D eigenvalue weighted by Crippen LogP contribution is -2.32. The summed E-state index contributed by atoms with van der Waals surface area (Å²) in [6.07, 6.45) is -3.64. The molecule has 7 heteroatoms. The Morgan fingerprint density at radius 1 is 1.50 bits per heavy atom. The molecule has 4 nitrogen and oxygen atoms in total. The predicted octanol–water partition coefficient (Wildman–Crippen LogP) is 1.33. The van der Waals surface area contributed by atoms with Gasteiger partial charge in [-0.05, 0) is 19.1 Å². The van der Waals surface area contributed by atoms with Gasteiger partial charge in [0.15, 0.2) is 5.84 Å². The molecule has 0 saturated heterocycles. The summed E-state index contributed by atoms with van der Waals surface area (Å²) in [5.41, 5.74) is 1.76. The first kappa shape index (κ1) is 12.4. The van der Waals surface area contributed by atoms with Crippen LogP contribution in [0.3, 0.4) is 0 Å². The highest BCUT2D eigenvalue weighted by molar-refractivity contribution is 5.96. The molecule has 88 valence electrons. The van der Waals surface area contributed by atoms with Gasteiger partial charge in [-0.1, -0.05) is 0 Å². The van der Waals surface area contributed by atoms with Gasteiger partial charge in [-0.15, -0.1) is 0 Å². The molecule has 0 spiro atoms. The molecule has 1 aromatic heterocycles. The van der Waals surface area contributed by atoms with E-state index in [-0.39, 0.29) is 11.5 Å². The van der Waals surface area contributed by atoms with E-state index in [1.807, 2.05) is 0 Å². The molecule has 0 atom stereocenters. The van der Waals surface area contributed by atoms with Crippen LogP contribution in [0.15, 0.2) is 23.3 Å². The van der Waals surface area contributed by atoms with Gasteiger partial charge in [0.05, 0.1) is 5.56 Å². The molecule has 0 radical (unpaired) electrons. The molecule has 1 heterocycles. The topological polar surface area (TPSA) is 63.3 Å². The Balaban J connectivity index is 2.99. The van der Waals surface area contributed by atoms with Crippen molar-refractivity contribution >= 4 is 5.84 Å². The largest absolute Gasteiger partial charge is 0.417 e. The molecular formula is C9H11F3N4. The number of amidine groups is 1. The predicted molar refractivity (Wildman–Crippen MR) is 53.6 cm³/mol. The lowest BCUT2D eigenvalue weighted by Gasteiger charge is -2.08. The number of halogens is 3. The third-order valence-corrected chi connectivity index (χ3v) is 1.79. The number of aromatic nitrogens is 1. The average molecular weight is 232 g/mol. The van der Waals surface area contributed by atoms with Crippen molar-refractivity contribution in [1.82, 2.24) is 10.4 Å².